The maximum Gasteiger partial charge on any atom is 0.264 e. The fourth-order valence-electron chi connectivity index (χ4n) is 4.37. The summed E-state index contributed by atoms with van der Waals surface area (Å²) in [6.07, 6.45) is 1.04. The average Bonchev–Trinajstić information content (AvgIpc) is 3.00. The Hall–Kier alpha value is -3.76. The third kappa shape index (κ3) is 7.95. The van der Waals surface area contributed by atoms with Gasteiger partial charge in [-0.05, 0) is 73.9 Å². The topological polar surface area (TPSA) is 105 Å². The first-order chi connectivity index (χ1) is 20.0. The molecule has 0 unspecified atom stereocenters. The number of anilines is 1. The Morgan fingerprint density at radius 2 is 1.55 bits per heavy atom. The van der Waals surface area contributed by atoms with Gasteiger partial charge in [-0.3, -0.25) is 13.9 Å². The monoisotopic (exact) mass is 615 g/mol. The van der Waals surface area contributed by atoms with Crippen LogP contribution in [-0.2, 0) is 26.2 Å². The van der Waals surface area contributed by atoms with Crippen molar-refractivity contribution in [3.63, 3.8) is 0 Å². The summed E-state index contributed by atoms with van der Waals surface area (Å²) in [5.74, 6) is -0.107. The first kappa shape index (κ1) is 32.8. The van der Waals surface area contributed by atoms with Crippen molar-refractivity contribution < 1.29 is 27.5 Å². The second kappa shape index (κ2) is 14.9. The predicted octanol–water partition coefficient (Wildman–Crippen LogP) is 5.27. The molecule has 11 heteroatoms. The number of rotatable bonds is 14. The molecule has 2 atom stereocenters. The highest BCUT2D eigenvalue weighted by atomic mass is 35.5. The number of methoxy groups -OCH3 is 2. The number of hydrogen-bond acceptors (Lipinski definition) is 6. The second-order valence-electron chi connectivity index (χ2n) is 9.75. The van der Waals surface area contributed by atoms with E-state index in [-0.39, 0.29) is 34.8 Å². The largest absolute Gasteiger partial charge is 0.497 e. The Morgan fingerprint density at radius 3 is 2.12 bits per heavy atom. The van der Waals surface area contributed by atoms with Crippen LogP contribution in [0.15, 0.2) is 77.7 Å². The molecule has 42 heavy (non-hydrogen) atoms. The lowest BCUT2D eigenvalue weighted by Gasteiger charge is -2.34. The lowest BCUT2D eigenvalue weighted by atomic mass is 10.1. The Kier molecular flexibility index (Phi) is 11.6. The van der Waals surface area contributed by atoms with Crippen LogP contribution in [0.3, 0.4) is 0 Å². The number of nitrogens with one attached hydrogen (secondary N) is 1. The smallest absolute Gasteiger partial charge is 0.264 e. The van der Waals surface area contributed by atoms with Gasteiger partial charge in [0.1, 0.15) is 24.1 Å². The molecule has 0 aliphatic rings. The normalized spacial score (nSPS) is 12.6. The van der Waals surface area contributed by atoms with E-state index in [1.807, 2.05) is 20.8 Å². The fourth-order valence-corrected chi connectivity index (χ4v) is 5.92. The highest BCUT2D eigenvalue weighted by Crippen LogP contribution is 2.33. The van der Waals surface area contributed by atoms with Crippen molar-refractivity contribution in [1.82, 2.24) is 10.2 Å². The van der Waals surface area contributed by atoms with Crippen LogP contribution in [0.1, 0.15) is 39.2 Å². The van der Waals surface area contributed by atoms with Gasteiger partial charge in [0.2, 0.25) is 11.8 Å². The standard InChI is InChI=1S/C31H38ClN3O6S/c1-6-22(3)33-31(37)27(7-2)34(20-23-12-14-24(32)15-13-23)30(36)21-35(28-10-8-9-11-29(28)41-5)42(38,39)26-18-16-25(40-4)17-19-26/h8-19,22,27H,6-7,20-21H2,1-5H3,(H,33,37)/t22-,27+/m1/s1. The lowest BCUT2D eigenvalue weighted by molar-refractivity contribution is -0.140. The minimum absolute atomic E-state index is 0.0344. The molecular weight excluding hydrogens is 578 g/mol. The second-order valence-corrected chi connectivity index (χ2v) is 12.0. The van der Waals surface area contributed by atoms with Crippen LogP contribution in [0.4, 0.5) is 5.69 Å². The summed E-state index contributed by atoms with van der Waals surface area (Å²) in [4.78, 5) is 29.0. The zero-order valence-corrected chi connectivity index (χ0v) is 26.1. The van der Waals surface area contributed by atoms with Crippen LogP contribution in [0, 0.1) is 0 Å². The molecule has 1 N–H and O–H groups in total. The molecule has 226 valence electrons. The molecule has 0 radical (unpaired) electrons. The number of ether oxygens (including phenoxy) is 2. The van der Waals surface area contributed by atoms with Crippen molar-refractivity contribution >= 4 is 39.1 Å². The van der Waals surface area contributed by atoms with E-state index in [4.69, 9.17) is 21.1 Å². The van der Waals surface area contributed by atoms with Crippen LogP contribution >= 0.6 is 11.6 Å². The summed E-state index contributed by atoms with van der Waals surface area (Å²) < 4.78 is 39.8. The minimum Gasteiger partial charge on any atom is -0.497 e. The molecular formula is C31H38ClN3O6S. The number of carbonyl (C=O) groups excluding carboxylic acids is 2. The molecule has 3 rings (SSSR count). The van der Waals surface area contributed by atoms with Gasteiger partial charge < -0.3 is 19.7 Å². The summed E-state index contributed by atoms with van der Waals surface area (Å²) in [7, 11) is -1.35. The number of sulfonamides is 1. The maximum atomic E-state index is 14.2. The summed E-state index contributed by atoms with van der Waals surface area (Å²) in [6.45, 7) is 5.16. The molecule has 0 spiro atoms. The van der Waals surface area contributed by atoms with E-state index in [0.717, 1.165) is 16.3 Å². The van der Waals surface area contributed by atoms with Gasteiger partial charge in [-0.15, -0.1) is 0 Å². The summed E-state index contributed by atoms with van der Waals surface area (Å²) in [5.41, 5.74) is 0.928. The average molecular weight is 616 g/mol. The number of halogens is 1. The molecule has 0 fully saturated rings. The molecule has 0 aromatic heterocycles. The first-order valence-electron chi connectivity index (χ1n) is 13.7. The molecule has 0 heterocycles. The van der Waals surface area contributed by atoms with Gasteiger partial charge in [0.25, 0.3) is 10.0 Å². The summed E-state index contributed by atoms with van der Waals surface area (Å²) in [5, 5.41) is 3.50. The number of para-hydroxylation sites is 2. The molecule has 0 aliphatic heterocycles. The number of hydrogen-bond donors (Lipinski definition) is 1. The van der Waals surface area contributed by atoms with Gasteiger partial charge in [-0.1, -0.05) is 49.7 Å². The molecule has 0 bridgehead atoms. The Labute approximate surface area is 253 Å². The number of benzene rings is 3. The van der Waals surface area contributed by atoms with E-state index >= 15 is 0 Å². The fraction of sp³-hybridized carbons (Fsp3) is 0.355. The van der Waals surface area contributed by atoms with E-state index in [2.05, 4.69) is 5.32 Å². The van der Waals surface area contributed by atoms with Crippen LogP contribution in [-0.4, -0.2) is 58.0 Å². The van der Waals surface area contributed by atoms with Gasteiger partial charge in [0.05, 0.1) is 24.8 Å². The molecule has 3 aromatic rings. The molecule has 0 saturated carbocycles. The highest BCUT2D eigenvalue weighted by Gasteiger charge is 2.35. The van der Waals surface area contributed by atoms with Crippen molar-refractivity contribution in [2.45, 2.75) is 57.1 Å². The van der Waals surface area contributed by atoms with Crippen molar-refractivity contribution in [1.29, 1.82) is 0 Å². The third-order valence-corrected chi connectivity index (χ3v) is 8.96. The zero-order chi connectivity index (χ0) is 30.9. The van der Waals surface area contributed by atoms with Crippen LogP contribution < -0.4 is 19.1 Å². The van der Waals surface area contributed by atoms with Gasteiger partial charge in [-0.2, -0.15) is 0 Å². The maximum absolute atomic E-state index is 14.2. The molecule has 0 saturated heterocycles. The minimum atomic E-state index is -4.26. The lowest BCUT2D eigenvalue weighted by Crippen LogP contribution is -2.53. The Bertz CT molecular complexity index is 1450. The van der Waals surface area contributed by atoms with E-state index < -0.39 is 28.5 Å². The van der Waals surface area contributed by atoms with Crippen molar-refractivity contribution in [3.05, 3.63) is 83.4 Å². The molecule has 2 amide bonds. The van der Waals surface area contributed by atoms with E-state index in [1.165, 1.54) is 43.4 Å². The molecule has 0 aliphatic carbocycles. The summed E-state index contributed by atoms with van der Waals surface area (Å²) >= 11 is 6.08. The summed E-state index contributed by atoms with van der Waals surface area (Å²) in [6, 6.07) is 18.5. The first-order valence-corrected chi connectivity index (χ1v) is 15.5. The van der Waals surface area contributed by atoms with Crippen molar-refractivity contribution in [2.24, 2.45) is 0 Å². The van der Waals surface area contributed by atoms with E-state index in [1.54, 1.807) is 48.5 Å². The third-order valence-electron chi connectivity index (χ3n) is 6.93. The Balaban J connectivity index is 2.09. The van der Waals surface area contributed by atoms with Crippen LogP contribution in [0.5, 0.6) is 11.5 Å². The quantitative estimate of drug-likeness (QED) is 0.265. The van der Waals surface area contributed by atoms with Gasteiger partial charge in [0, 0.05) is 17.6 Å². The predicted molar refractivity (Wildman–Crippen MR) is 164 cm³/mol. The highest BCUT2D eigenvalue weighted by molar-refractivity contribution is 7.92. The zero-order valence-electron chi connectivity index (χ0n) is 24.5. The van der Waals surface area contributed by atoms with Crippen LogP contribution in [0.25, 0.3) is 0 Å². The van der Waals surface area contributed by atoms with E-state index in [0.29, 0.717) is 17.2 Å². The van der Waals surface area contributed by atoms with Gasteiger partial charge in [-0.25, -0.2) is 8.42 Å². The number of nitrogens with zero attached hydrogens (tertiary/aromatic N) is 2. The number of carbonyl (C=O) groups is 2. The van der Waals surface area contributed by atoms with Crippen molar-refractivity contribution in [2.75, 3.05) is 25.1 Å². The van der Waals surface area contributed by atoms with E-state index in [9.17, 15) is 18.0 Å². The number of amides is 2. The SMILES string of the molecule is CC[C@@H](C)NC(=O)[C@H](CC)N(Cc1ccc(Cl)cc1)C(=O)CN(c1ccccc1OC)S(=O)(=O)c1ccc(OC)cc1. The Morgan fingerprint density at radius 1 is 0.905 bits per heavy atom. The molecule has 9 nitrogen and oxygen atoms in total. The molecule has 3 aromatic carbocycles. The van der Waals surface area contributed by atoms with Gasteiger partial charge in [0.15, 0.2) is 0 Å². The van der Waals surface area contributed by atoms with Crippen molar-refractivity contribution in [3.8, 4) is 11.5 Å². The van der Waals surface area contributed by atoms with Crippen LogP contribution in [0.2, 0.25) is 5.02 Å². The van der Waals surface area contributed by atoms with Gasteiger partial charge >= 0.3 is 0 Å².